The molecule has 1 heterocycles. The van der Waals surface area contributed by atoms with Gasteiger partial charge in [0.05, 0.1) is 17.6 Å². The molecule has 1 fully saturated rings. The Morgan fingerprint density at radius 1 is 1.62 bits per heavy atom. The van der Waals surface area contributed by atoms with Gasteiger partial charge in [-0.05, 0) is 25.8 Å². The molecule has 1 rings (SSSR count). The molecule has 13 heavy (non-hydrogen) atoms. The highest BCUT2D eigenvalue weighted by Crippen LogP contribution is 2.17. The molecule has 0 aromatic heterocycles. The van der Waals surface area contributed by atoms with Crippen LogP contribution in [0.5, 0.6) is 0 Å². The van der Waals surface area contributed by atoms with Crippen LogP contribution in [0.1, 0.15) is 13.3 Å². The minimum absolute atomic E-state index is 0.240. The molecule has 0 spiro atoms. The van der Waals surface area contributed by atoms with E-state index in [4.69, 9.17) is 5.11 Å². The summed E-state index contributed by atoms with van der Waals surface area (Å²) < 4.78 is 22.1. The summed E-state index contributed by atoms with van der Waals surface area (Å²) in [4.78, 5) is 0. The normalized spacial score (nSPS) is 28.9. The molecule has 0 saturated carbocycles. The number of rotatable bonds is 4. The number of aliphatic hydroxyl groups is 1. The fraction of sp³-hybridized carbons (Fsp3) is 1.00. The topological polar surface area (TPSA) is 66.4 Å². The summed E-state index contributed by atoms with van der Waals surface area (Å²) in [7, 11) is -2.75. The lowest BCUT2D eigenvalue weighted by Crippen LogP contribution is -2.29. The van der Waals surface area contributed by atoms with Gasteiger partial charge in [0.2, 0.25) is 0 Å². The van der Waals surface area contributed by atoms with Gasteiger partial charge in [-0.2, -0.15) is 0 Å². The minimum Gasteiger partial charge on any atom is -0.392 e. The summed E-state index contributed by atoms with van der Waals surface area (Å²) in [5.74, 6) is 0.872. The minimum atomic E-state index is -2.75. The molecule has 0 aliphatic carbocycles. The Morgan fingerprint density at radius 3 is 2.77 bits per heavy atom. The fourth-order valence-corrected chi connectivity index (χ4v) is 3.39. The third-order valence-corrected chi connectivity index (χ3v) is 4.04. The van der Waals surface area contributed by atoms with E-state index >= 15 is 0 Å². The first-order valence-electron chi connectivity index (χ1n) is 4.59. The van der Waals surface area contributed by atoms with E-state index in [0.29, 0.717) is 24.6 Å². The van der Waals surface area contributed by atoms with Gasteiger partial charge in [0.1, 0.15) is 0 Å². The van der Waals surface area contributed by atoms with Crippen LogP contribution in [-0.2, 0) is 9.84 Å². The molecule has 78 valence electrons. The summed E-state index contributed by atoms with van der Waals surface area (Å²) in [5, 5.41) is 12.0. The van der Waals surface area contributed by atoms with Crippen LogP contribution in [0.3, 0.4) is 0 Å². The van der Waals surface area contributed by atoms with Crippen LogP contribution in [0.4, 0.5) is 0 Å². The maximum Gasteiger partial charge on any atom is 0.150 e. The van der Waals surface area contributed by atoms with Crippen LogP contribution in [0.25, 0.3) is 0 Å². The van der Waals surface area contributed by atoms with Gasteiger partial charge in [-0.1, -0.05) is 0 Å². The molecule has 2 N–H and O–H groups in total. The van der Waals surface area contributed by atoms with Crippen LogP contribution in [0.2, 0.25) is 0 Å². The molecule has 4 nitrogen and oxygen atoms in total. The van der Waals surface area contributed by atoms with E-state index in [1.165, 1.54) is 0 Å². The zero-order valence-electron chi connectivity index (χ0n) is 7.86. The molecule has 1 aliphatic heterocycles. The smallest absolute Gasteiger partial charge is 0.150 e. The van der Waals surface area contributed by atoms with Crippen LogP contribution in [0, 0.1) is 5.92 Å². The lowest BCUT2D eigenvalue weighted by Gasteiger charge is -2.10. The highest BCUT2D eigenvalue weighted by atomic mass is 32.2. The highest BCUT2D eigenvalue weighted by molar-refractivity contribution is 7.91. The maximum absolute atomic E-state index is 11.1. The van der Waals surface area contributed by atoms with Crippen LogP contribution < -0.4 is 5.32 Å². The van der Waals surface area contributed by atoms with Crippen molar-refractivity contribution in [3.8, 4) is 0 Å². The lowest BCUT2D eigenvalue weighted by molar-refractivity contribution is 0.189. The lowest BCUT2D eigenvalue weighted by atomic mass is 10.1. The zero-order valence-corrected chi connectivity index (χ0v) is 8.68. The van der Waals surface area contributed by atoms with Crippen molar-refractivity contribution in [1.82, 2.24) is 5.32 Å². The van der Waals surface area contributed by atoms with Gasteiger partial charge in [0.25, 0.3) is 0 Å². The largest absolute Gasteiger partial charge is 0.392 e. The molecule has 0 aromatic rings. The van der Waals surface area contributed by atoms with Crippen LogP contribution >= 0.6 is 0 Å². The predicted octanol–water partition coefficient (Wildman–Crippen LogP) is -0.608. The molecule has 2 unspecified atom stereocenters. The number of hydrogen-bond acceptors (Lipinski definition) is 4. The Bertz CT molecular complexity index is 248. The van der Waals surface area contributed by atoms with Gasteiger partial charge < -0.3 is 10.4 Å². The highest BCUT2D eigenvalue weighted by Gasteiger charge is 2.27. The molecule has 0 bridgehead atoms. The molecule has 1 aliphatic rings. The van der Waals surface area contributed by atoms with Gasteiger partial charge >= 0.3 is 0 Å². The van der Waals surface area contributed by atoms with E-state index < -0.39 is 9.84 Å². The first-order chi connectivity index (χ1) is 5.99. The standard InChI is InChI=1S/C8H17NO3S/c1-7(10)4-9-5-8-2-3-13(11,12)6-8/h7-10H,2-6H2,1H3. The van der Waals surface area contributed by atoms with Crippen molar-refractivity contribution >= 4 is 9.84 Å². The van der Waals surface area contributed by atoms with Gasteiger partial charge in [-0.3, -0.25) is 0 Å². The van der Waals surface area contributed by atoms with Crippen molar-refractivity contribution in [1.29, 1.82) is 0 Å². The Kier molecular flexibility index (Phi) is 3.70. The van der Waals surface area contributed by atoms with Crippen LogP contribution in [0.15, 0.2) is 0 Å². The first kappa shape index (κ1) is 10.9. The first-order valence-corrected chi connectivity index (χ1v) is 6.41. The van der Waals surface area contributed by atoms with E-state index in [-0.39, 0.29) is 12.0 Å². The van der Waals surface area contributed by atoms with Crippen molar-refractivity contribution < 1.29 is 13.5 Å². The molecular weight excluding hydrogens is 190 g/mol. The summed E-state index contributed by atoms with van der Waals surface area (Å²) in [6, 6.07) is 0. The predicted molar refractivity (Wildman–Crippen MR) is 51.3 cm³/mol. The summed E-state index contributed by atoms with van der Waals surface area (Å²) in [5.41, 5.74) is 0. The summed E-state index contributed by atoms with van der Waals surface area (Å²) >= 11 is 0. The van der Waals surface area contributed by atoms with Crippen molar-refractivity contribution in [2.75, 3.05) is 24.6 Å². The maximum atomic E-state index is 11.1. The Morgan fingerprint density at radius 2 is 2.31 bits per heavy atom. The average Bonchev–Trinajstić information content (AvgIpc) is 2.29. The Hall–Kier alpha value is -0.130. The van der Waals surface area contributed by atoms with Crippen molar-refractivity contribution in [2.45, 2.75) is 19.4 Å². The zero-order chi connectivity index (χ0) is 9.90. The second-order valence-corrected chi connectivity index (χ2v) is 6.01. The van der Waals surface area contributed by atoms with Crippen molar-refractivity contribution in [3.05, 3.63) is 0 Å². The van der Waals surface area contributed by atoms with E-state index in [9.17, 15) is 8.42 Å². The van der Waals surface area contributed by atoms with E-state index in [1.54, 1.807) is 6.92 Å². The Balaban J connectivity index is 2.18. The SMILES string of the molecule is CC(O)CNCC1CCS(=O)(=O)C1. The quantitative estimate of drug-likeness (QED) is 0.645. The van der Waals surface area contributed by atoms with E-state index in [0.717, 1.165) is 6.42 Å². The number of nitrogens with one attached hydrogen (secondary N) is 1. The van der Waals surface area contributed by atoms with E-state index in [2.05, 4.69) is 5.32 Å². The van der Waals surface area contributed by atoms with Gasteiger partial charge in [-0.25, -0.2) is 8.42 Å². The third kappa shape index (κ3) is 4.06. The average molecular weight is 207 g/mol. The van der Waals surface area contributed by atoms with Gasteiger partial charge in [0, 0.05) is 6.54 Å². The van der Waals surface area contributed by atoms with Gasteiger partial charge in [0.15, 0.2) is 9.84 Å². The number of hydrogen-bond donors (Lipinski definition) is 2. The van der Waals surface area contributed by atoms with Crippen molar-refractivity contribution in [2.24, 2.45) is 5.92 Å². The molecule has 0 amide bonds. The summed E-state index contributed by atoms with van der Waals surface area (Å²) in [6.07, 6.45) is 0.396. The molecule has 1 saturated heterocycles. The molecule has 0 radical (unpaired) electrons. The number of aliphatic hydroxyl groups excluding tert-OH is 1. The van der Waals surface area contributed by atoms with Crippen LogP contribution in [-0.4, -0.2) is 44.2 Å². The molecule has 5 heteroatoms. The third-order valence-electron chi connectivity index (χ3n) is 2.20. The van der Waals surface area contributed by atoms with Crippen molar-refractivity contribution in [3.63, 3.8) is 0 Å². The fourth-order valence-electron chi connectivity index (χ4n) is 1.53. The second kappa shape index (κ2) is 4.39. The molecular formula is C8H17NO3S. The monoisotopic (exact) mass is 207 g/mol. The van der Waals surface area contributed by atoms with Gasteiger partial charge in [-0.15, -0.1) is 0 Å². The molecule has 0 aromatic carbocycles. The number of sulfone groups is 1. The molecule has 2 atom stereocenters. The Labute approximate surface area is 79.3 Å². The second-order valence-electron chi connectivity index (χ2n) is 3.78. The summed E-state index contributed by atoms with van der Waals surface area (Å²) in [6.45, 7) is 2.94. The van der Waals surface area contributed by atoms with E-state index in [1.807, 2.05) is 0 Å².